The van der Waals surface area contributed by atoms with Gasteiger partial charge in [0.25, 0.3) is 0 Å². The maximum absolute atomic E-state index is 9.43. The molecule has 0 spiro atoms. The topological polar surface area (TPSA) is 66.0 Å². The maximum atomic E-state index is 9.43. The maximum Gasteiger partial charge on any atom is 0.124 e. The lowest BCUT2D eigenvalue weighted by atomic mass is 10.2. The summed E-state index contributed by atoms with van der Waals surface area (Å²) in [5.74, 6) is 0. The van der Waals surface area contributed by atoms with E-state index in [4.69, 9.17) is 0 Å². The van der Waals surface area contributed by atoms with E-state index in [-0.39, 0.29) is 18.8 Å². The second-order valence-corrected chi connectivity index (χ2v) is 7.97. The Morgan fingerprint density at radius 3 is 2.43 bits per heavy atom. The Morgan fingerprint density at radius 2 is 1.93 bits per heavy atom. The van der Waals surface area contributed by atoms with Gasteiger partial charge in [-0.15, -0.1) is 0 Å². The number of aliphatic hydroxyl groups excluding tert-OH is 1. The largest absolute Gasteiger partial charge is 0.396 e. The van der Waals surface area contributed by atoms with Crippen molar-refractivity contribution in [1.82, 2.24) is 30.9 Å². The van der Waals surface area contributed by atoms with Gasteiger partial charge < -0.3 is 15.5 Å². The van der Waals surface area contributed by atoms with Gasteiger partial charge in [0, 0.05) is 38.8 Å². The molecule has 4 unspecified atom stereocenters. The van der Waals surface area contributed by atoms with Gasteiger partial charge in [-0.2, -0.15) is 5.01 Å². The SMILES string of the molecule is CCCCN(CC)C1C(NP)=C(CNC(C)CC)N(NC(CC)CCO)N1C. The minimum absolute atomic E-state index is 0.168. The van der Waals surface area contributed by atoms with Crippen molar-refractivity contribution < 1.29 is 5.11 Å². The highest BCUT2D eigenvalue weighted by molar-refractivity contribution is 7.14. The van der Waals surface area contributed by atoms with Gasteiger partial charge in [-0.1, -0.05) is 34.1 Å². The summed E-state index contributed by atoms with van der Waals surface area (Å²) in [6.45, 7) is 14.1. The predicted molar refractivity (Wildman–Crippen MR) is 122 cm³/mol. The van der Waals surface area contributed by atoms with Gasteiger partial charge in [-0.3, -0.25) is 4.90 Å². The highest BCUT2D eigenvalue weighted by Gasteiger charge is 2.39. The van der Waals surface area contributed by atoms with Crippen LogP contribution in [0.4, 0.5) is 0 Å². The molecule has 1 aliphatic rings. The number of unbranched alkanes of at least 4 members (excludes halogenated alkanes) is 1. The summed E-state index contributed by atoms with van der Waals surface area (Å²) in [6, 6.07) is 0.701. The number of likely N-dealkylation sites (N-methyl/N-ethyl adjacent to an activating group) is 2. The molecule has 4 atom stereocenters. The van der Waals surface area contributed by atoms with Gasteiger partial charge in [0.1, 0.15) is 6.17 Å². The molecule has 0 bridgehead atoms. The van der Waals surface area contributed by atoms with Crippen LogP contribution < -0.4 is 15.8 Å². The highest BCUT2D eigenvalue weighted by Crippen LogP contribution is 2.29. The smallest absolute Gasteiger partial charge is 0.124 e. The van der Waals surface area contributed by atoms with Crippen LogP contribution in [-0.4, -0.2) is 71.7 Å². The van der Waals surface area contributed by atoms with Crippen molar-refractivity contribution in [2.75, 3.05) is 33.3 Å². The number of hydrogen-bond acceptors (Lipinski definition) is 7. The number of rotatable bonds is 15. The third-order valence-electron chi connectivity index (χ3n) is 5.71. The second-order valence-electron chi connectivity index (χ2n) is 7.68. The summed E-state index contributed by atoms with van der Waals surface area (Å²) in [6.07, 6.45) is 5.37. The molecular weight excluding hydrogens is 371 g/mol. The number of hydrazine groups is 2. The Hall–Kier alpha value is -0.430. The minimum Gasteiger partial charge on any atom is -0.396 e. The van der Waals surface area contributed by atoms with Gasteiger partial charge in [0.05, 0.1) is 11.4 Å². The molecule has 7 nitrogen and oxygen atoms in total. The highest BCUT2D eigenvalue weighted by atomic mass is 31.0. The summed E-state index contributed by atoms with van der Waals surface area (Å²) >= 11 is 0. The Bertz CT molecular complexity index is 464. The van der Waals surface area contributed by atoms with Crippen molar-refractivity contribution in [3.63, 3.8) is 0 Å². The molecule has 0 saturated heterocycles. The summed E-state index contributed by atoms with van der Waals surface area (Å²) in [5, 5.41) is 21.0. The predicted octanol–water partition coefficient (Wildman–Crippen LogP) is 2.24. The first-order valence-electron chi connectivity index (χ1n) is 11.1. The molecule has 1 aliphatic heterocycles. The summed E-state index contributed by atoms with van der Waals surface area (Å²) < 4.78 is 0. The van der Waals surface area contributed by atoms with E-state index in [1.807, 2.05) is 0 Å². The quantitative estimate of drug-likeness (QED) is 0.305. The molecule has 0 aromatic rings. The standard InChI is InChI=1S/C20H45N6OP/c1-7-11-13-25(10-4)20-19(23-28)18(15-21-16(5)8-2)26(24(20)6)22-17(9-3)12-14-27/h16-17,20-23,27H,7-15,28H2,1-6H3. The van der Waals surface area contributed by atoms with Crippen LogP contribution in [0.2, 0.25) is 0 Å². The lowest BCUT2D eigenvalue weighted by Crippen LogP contribution is -2.56. The molecule has 1 rings (SSSR count). The summed E-state index contributed by atoms with van der Waals surface area (Å²) in [5.41, 5.74) is 6.10. The van der Waals surface area contributed by atoms with Crippen LogP contribution in [0, 0.1) is 0 Å². The first-order chi connectivity index (χ1) is 13.5. The van der Waals surface area contributed by atoms with E-state index < -0.39 is 0 Å². The average Bonchev–Trinajstić information content (AvgIpc) is 2.97. The normalized spacial score (nSPS) is 20.3. The Balaban J connectivity index is 3.17. The average molecular weight is 417 g/mol. The fourth-order valence-electron chi connectivity index (χ4n) is 3.58. The van der Waals surface area contributed by atoms with Gasteiger partial charge in [0.2, 0.25) is 0 Å². The van der Waals surface area contributed by atoms with Gasteiger partial charge in [-0.25, -0.2) is 10.5 Å². The van der Waals surface area contributed by atoms with E-state index >= 15 is 0 Å². The van der Waals surface area contributed by atoms with E-state index in [2.05, 4.69) is 81.9 Å². The first-order valence-corrected chi connectivity index (χ1v) is 11.6. The second kappa shape index (κ2) is 13.7. The van der Waals surface area contributed by atoms with Crippen molar-refractivity contribution in [2.45, 2.75) is 85.0 Å². The zero-order valence-electron chi connectivity index (χ0n) is 19.0. The number of nitrogens with zero attached hydrogens (tertiary/aromatic N) is 3. The molecule has 0 aromatic carbocycles. The van der Waals surface area contributed by atoms with Crippen molar-refractivity contribution in [3.8, 4) is 0 Å². The van der Waals surface area contributed by atoms with Crippen LogP contribution in [-0.2, 0) is 0 Å². The number of hydrogen-bond donors (Lipinski definition) is 4. The van der Waals surface area contributed by atoms with Crippen molar-refractivity contribution in [1.29, 1.82) is 0 Å². The van der Waals surface area contributed by atoms with E-state index in [1.54, 1.807) is 0 Å². The van der Waals surface area contributed by atoms with Crippen molar-refractivity contribution in [2.24, 2.45) is 0 Å². The van der Waals surface area contributed by atoms with Gasteiger partial charge >= 0.3 is 0 Å². The van der Waals surface area contributed by atoms with Crippen LogP contribution >= 0.6 is 9.39 Å². The molecule has 1 heterocycles. The van der Waals surface area contributed by atoms with Crippen LogP contribution in [0.3, 0.4) is 0 Å². The fraction of sp³-hybridized carbons (Fsp3) is 0.900. The lowest BCUT2D eigenvalue weighted by molar-refractivity contribution is -0.0744. The van der Waals surface area contributed by atoms with Gasteiger partial charge in [0.15, 0.2) is 0 Å². The third-order valence-corrected chi connectivity index (χ3v) is 6.02. The molecule has 0 fully saturated rings. The summed E-state index contributed by atoms with van der Waals surface area (Å²) in [7, 11) is 4.85. The molecule has 0 radical (unpaired) electrons. The minimum atomic E-state index is 0.168. The number of nitrogens with one attached hydrogen (secondary N) is 3. The lowest BCUT2D eigenvalue weighted by Gasteiger charge is -2.39. The van der Waals surface area contributed by atoms with Crippen LogP contribution in [0.15, 0.2) is 11.4 Å². The van der Waals surface area contributed by atoms with E-state index in [0.717, 1.165) is 38.9 Å². The molecule has 0 aromatic heterocycles. The van der Waals surface area contributed by atoms with E-state index in [0.29, 0.717) is 6.04 Å². The molecular formula is C20H45N6OP. The molecule has 0 amide bonds. The third kappa shape index (κ3) is 6.82. The molecule has 8 heteroatoms. The monoisotopic (exact) mass is 416 g/mol. The summed E-state index contributed by atoms with van der Waals surface area (Å²) in [4.78, 5) is 2.52. The zero-order chi connectivity index (χ0) is 21.1. The molecule has 0 saturated carbocycles. The molecule has 166 valence electrons. The van der Waals surface area contributed by atoms with E-state index in [9.17, 15) is 5.11 Å². The van der Waals surface area contributed by atoms with Crippen LogP contribution in [0.5, 0.6) is 0 Å². The Kier molecular flexibility index (Phi) is 12.6. The zero-order valence-corrected chi connectivity index (χ0v) is 20.1. The van der Waals surface area contributed by atoms with Gasteiger partial charge in [-0.05, 0) is 48.5 Å². The van der Waals surface area contributed by atoms with Crippen LogP contribution in [0.25, 0.3) is 0 Å². The Labute approximate surface area is 175 Å². The molecule has 4 N–H and O–H groups in total. The van der Waals surface area contributed by atoms with Crippen molar-refractivity contribution in [3.05, 3.63) is 11.4 Å². The first kappa shape index (κ1) is 25.6. The van der Waals surface area contributed by atoms with Crippen molar-refractivity contribution >= 4 is 9.39 Å². The number of aliphatic hydroxyl groups is 1. The van der Waals surface area contributed by atoms with Crippen LogP contribution in [0.1, 0.15) is 66.7 Å². The fourth-order valence-corrected chi connectivity index (χ4v) is 3.90. The molecule has 0 aliphatic carbocycles. The Morgan fingerprint density at radius 1 is 1.21 bits per heavy atom. The van der Waals surface area contributed by atoms with E-state index in [1.165, 1.54) is 24.2 Å². The molecule has 28 heavy (non-hydrogen) atoms.